The van der Waals surface area contributed by atoms with Crippen molar-refractivity contribution in [3.8, 4) is 0 Å². The van der Waals surface area contributed by atoms with Gasteiger partial charge in [-0.05, 0) is 44.5 Å². The normalized spacial score (nSPS) is 25.4. The first-order valence-corrected chi connectivity index (χ1v) is 8.75. The Hall–Kier alpha value is -0.690. The van der Waals surface area contributed by atoms with E-state index in [2.05, 4.69) is 9.88 Å². The number of hydrogen-bond donors (Lipinski definition) is 0. The molecule has 1 unspecified atom stereocenters. The van der Waals surface area contributed by atoms with E-state index in [4.69, 9.17) is 11.6 Å². The van der Waals surface area contributed by atoms with Gasteiger partial charge in [-0.15, -0.1) is 0 Å². The van der Waals surface area contributed by atoms with Gasteiger partial charge in [-0.1, -0.05) is 11.6 Å². The first-order chi connectivity index (χ1) is 9.57. The van der Waals surface area contributed by atoms with E-state index in [1.165, 1.54) is 24.8 Å². The second-order valence-electron chi connectivity index (χ2n) is 5.37. The van der Waals surface area contributed by atoms with Crippen LogP contribution in [0.25, 0.3) is 0 Å². The fraction of sp³-hybridized carbons (Fsp3) is 0.615. The number of hydrogen-bond acceptors (Lipinski definition) is 4. The van der Waals surface area contributed by atoms with E-state index in [1.54, 1.807) is 4.31 Å². The molecule has 0 aromatic carbocycles. The molecule has 3 rings (SSSR count). The van der Waals surface area contributed by atoms with Crippen LogP contribution in [-0.2, 0) is 10.0 Å². The average molecular weight is 316 g/mol. The second-order valence-corrected chi connectivity index (χ2v) is 7.69. The summed E-state index contributed by atoms with van der Waals surface area (Å²) in [6, 6.07) is 3.42. The molecule has 0 spiro atoms. The molecule has 3 heterocycles. The Balaban J connectivity index is 1.84. The molecule has 1 aromatic heterocycles. The molecule has 0 saturated carbocycles. The van der Waals surface area contributed by atoms with Crippen LogP contribution in [0.15, 0.2) is 23.2 Å². The quantitative estimate of drug-likeness (QED) is 0.778. The van der Waals surface area contributed by atoms with Crippen molar-refractivity contribution in [2.24, 2.45) is 0 Å². The van der Waals surface area contributed by atoms with Crippen molar-refractivity contribution in [3.63, 3.8) is 0 Å². The fourth-order valence-electron chi connectivity index (χ4n) is 3.06. The Morgan fingerprint density at radius 3 is 2.75 bits per heavy atom. The molecule has 2 aliphatic heterocycles. The van der Waals surface area contributed by atoms with Crippen LogP contribution >= 0.6 is 11.6 Å². The maximum atomic E-state index is 12.7. The molecule has 2 aliphatic rings. The maximum absolute atomic E-state index is 12.7. The number of sulfonamides is 1. The molecule has 0 N–H and O–H groups in total. The van der Waals surface area contributed by atoms with E-state index in [-0.39, 0.29) is 4.90 Å². The van der Waals surface area contributed by atoms with Crippen molar-refractivity contribution in [1.82, 2.24) is 14.2 Å². The molecule has 5 nitrogen and oxygen atoms in total. The molecular weight excluding hydrogens is 298 g/mol. The maximum Gasteiger partial charge on any atom is 0.244 e. The molecule has 2 saturated heterocycles. The van der Waals surface area contributed by atoms with Gasteiger partial charge in [0.25, 0.3) is 0 Å². The number of pyridine rings is 1. The molecular formula is C13H18ClN3O2S. The fourth-order valence-corrected chi connectivity index (χ4v) is 4.63. The number of halogens is 1. The monoisotopic (exact) mass is 315 g/mol. The van der Waals surface area contributed by atoms with Crippen molar-refractivity contribution in [2.45, 2.75) is 30.2 Å². The van der Waals surface area contributed by atoms with Crippen molar-refractivity contribution in [2.75, 3.05) is 26.2 Å². The van der Waals surface area contributed by atoms with Gasteiger partial charge in [-0.2, -0.15) is 4.31 Å². The number of rotatable bonds is 2. The summed E-state index contributed by atoms with van der Waals surface area (Å²) in [7, 11) is -3.46. The molecule has 0 bridgehead atoms. The zero-order valence-corrected chi connectivity index (χ0v) is 12.8. The highest BCUT2D eigenvalue weighted by Gasteiger charge is 2.34. The van der Waals surface area contributed by atoms with Gasteiger partial charge in [0.05, 0.1) is 0 Å². The smallest absolute Gasteiger partial charge is 0.244 e. The third-order valence-corrected chi connectivity index (χ3v) is 6.18. The Morgan fingerprint density at radius 1 is 1.20 bits per heavy atom. The second kappa shape index (κ2) is 5.60. The highest BCUT2D eigenvalue weighted by molar-refractivity contribution is 7.89. The van der Waals surface area contributed by atoms with Crippen molar-refractivity contribution < 1.29 is 8.42 Å². The summed E-state index contributed by atoms with van der Waals surface area (Å²) in [6.07, 6.45) is 4.48. The van der Waals surface area contributed by atoms with Crippen molar-refractivity contribution in [1.29, 1.82) is 0 Å². The van der Waals surface area contributed by atoms with E-state index < -0.39 is 10.0 Å². The average Bonchev–Trinajstić information content (AvgIpc) is 2.76. The largest absolute Gasteiger partial charge is 0.299 e. The SMILES string of the molecule is O=S(=O)(c1ccc(Cl)nc1)N1CCCN2CCCC2C1. The minimum atomic E-state index is -3.46. The lowest BCUT2D eigenvalue weighted by Gasteiger charge is -2.25. The van der Waals surface area contributed by atoms with E-state index in [0.29, 0.717) is 24.3 Å². The summed E-state index contributed by atoms with van der Waals surface area (Å²) in [5.74, 6) is 0. The Labute approximate surface area is 124 Å². The van der Waals surface area contributed by atoms with Crippen LogP contribution in [0, 0.1) is 0 Å². The zero-order chi connectivity index (χ0) is 14.2. The summed E-state index contributed by atoms with van der Waals surface area (Å²) in [5, 5.41) is 0.307. The summed E-state index contributed by atoms with van der Waals surface area (Å²) in [4.78, 5) is 6.52. The minimum absolute atomic E-state index is 0.230. The van der Waals surface area contributed by atoms with Crippen LogP contribution in [0.2, 0.25) is 5.15 Å². The van der Waals surface area contributed by atoms with Crippen LogP contribution in [0.1, 0.15) is 19.3 Å². The van der Waals surface area contributed by atoms with Gasteiger partial charge in [0.15, 0.2) is 0 Å². The van der Waals surface area contributed by atoms with Gasteiger partial charge in [-0.25, -0.2) is 13.4 Å². The highest BCUT2D eigenvalue weighted by Crippen LogP contribution is 2.25. The van der Waals surface area contributed by atoms with Crippen LogP contribution in [-0.4, -0.2) is 54.8 Å². The van der Waals surface area contributed by atoms with E-state index in [9.17, 15) is 8.42 Å². The molecule has 0 amide bonds. The molecule has 7 heteroatoms. The summed E-state index contributed by atoms with van der Waals surface area (Å²) >= 11 is 5.72. The number of fused-ring (bicyclic) bond motifs is 1. The van der Waals surface area contributed by atoms with Crippen molar-refractivity contribution >= 4 is 21.6 Å². The van der Waals surface area contributed by atoms with Gasteiger partial charge in [0.1, 0.15) is 10.0 Å². The van der Waals surface area contributed by atoms with E-state index in [1.807, 2.05) is 0 Å². The minimum Gasteiger partial charge on any atom is -0.299 e. The van der Waals surface area contributed by atoms with Crippen molar-refractivity contribution in [3.05, 3.63) is 23.5 Å². The van der Waals surface area contributed by atoms with Gasteiger partial charge >= 0.3 is 0 Å². The molecule has 20 heavy (non-hydrogen) atoms. The van der Waals surface area contributed by atoms with Crippen LogP contribution < -0.4 is 0 Å². The Morgan fingerprint density at radius 2 is 2.00 bits per heavy atom. The zero-order valence-electron chi connectivity index (χ0n) is 11.2. The molecule has 0 aliphatic carbocycles. The molecule has 2 fully saturated rings. The topological polar surface area (TPSA) is 53.5 Å². The van der Waals surface area contributed by atoms with Gasteiger partial charge in [-0.3, -0.25) is 4.90 Å². The number of aromatic nitrogens is 1. The molecule has 1 atom stereocenters. The predicted molar refractivity (Wildman–Crippen MR) is 77.2 cm³/mol. The molecule has 0 radical (unpaired) electrons. The van der Waals surface area contributed by atoms with Crippen LogP contribution in [0.4, 0.5) is 0 Å². The summed E-state index contributed by atoms with van der Waals surface area (Å²) < 4.78 is 26.9. The standard InChI is InChI=1S/C13H18ClN3O2S/c14-13-5-4-12(9-15-13)20(18,19)17-8-2-7-16-6-1-3-11(16)10-17/h4-5,9,11H,1-3,6-8,10H2. The predicted octanol–water partition coefficient (Wildman–Crippen LogP) is 1.59. The Kier molecular flexibility index (Phi) is 3.99. The van der Waals surface area contributed by atoms with Gasteiger partial charge in [0.2, 0.25) is 10.0 Å². The van der Waals surface area contributed by atoms with Crippen LogP contribution in [0.3, 0.4) is 0 Å². The Bertz CT molecular complexity index is 576. The highest BCUT2D eigenvalue weighted by atomic mass is 35.5. The van der Waals surface area contributed by atoms with Gasteiger partial charge in [0, 0.05) is 25.3 Å². The first kappa shape index (κ1) is 14.3. The lowest BCUT2D eigenvalue weighted by atomic mass is 10.2. The third kappa shape index (κ3) is 2.70. The summed E-state index contributed by atoms with van der Waals surface area (Å²) in [6.45, 7) is 3.26. The van der Waals surface area contributed by atoms with Gasteiger partial charge < -0.3 is 0 Å². The number of nitrogens with zero attached hydrogens (tertiary/aromatic N) is 3. The van der Waals surface area contributed by atoms with E-state index >= 15 is 0 Å². The first-order valence-electron chi connectivity index (χ1n) is 6.93. The lowest BCUT2D eigenvalue weighted by Crippen LogP contribution is -2.39. The molecule has 1 aromatic rings. The van der Waals surface area contributed by atoms with E-state index in [0.717, 1.165) is 25.9 Å². The molecule has 110 valence electrons. The van der Waals surface area contributed by atoms with Crippen LogP contribution in [0.5, 0.6) is 0 Å². The summed E-state index contributed by atoms with van der Waals surface area (Å²) in [5.41, 5.74) is 0. The lowest BCUT2D eigenvalue weighted by molar-refractivity contribution is 0.257. The third-order valence-electron chi connectivity index (χ3n) is 4.10.